The third-order valence-corrected chi connectivity index (χ3v) is 5.61. The summed E-state index contributed by atoms with van der Waals surface area (Å²) in [6.07, 6.45) is 4.70. The minimum absolute atomic E-state index is 0.150. The number of hydrogen-bond acceptors (Lipinski definition) is 3. The maximum absolute atomic E-state index is 12.2. The molecule has 2 heterocycles. The lowest BCUT2D eigenvalue weighted by Crippen LogP contribution is -2.54. The molecule has 132 valence electrons. The van der Waals surface area contributed by atoms with E-state index >= 15 is 0 Å². The van der Waals surface area contributed by atoms with Crippen molar-refractivity contribution < 1.29 is 9.90 Å². The summed E-state index contributed by atoms with van der Waals surface area (Å²) in [6, 6.07) is 8.09. The van der Waals surface area contributed by atoms with E-state index in [-0.39, 0.29) is 17.9 Å². The second-order valence-corrected chi connectivity index (χ2v) is 7.77. The first-order valence-corrected chi connectivity index (χ1v) is 9.33. The van der Waals surface area contributed by atoms with E-state index in [1.807, 2.05) is 23.1 Å². The Morgan fingerprint density at radius 1 is 1.25 bits per heavy atom. The zero-order valence-electron chi connectivity index (χ0n) is 14.2. The summed E-state index contributed by atoms with van der Waals surface area (Å²) in [5.41, 5.74) is 1.48. The Morgan fingerprint density at radius 3 is 2.92 bits per heavy atom. The first kappa shape index (κ1) is 17.7. The lowest BCUT2D eigenvalue weighted by atomic mass is 9.73. The first-order chi connectivity index (χ1) is 11.6. The molecule has 2 aliphatic rings. The van der Waals surface area contributed by atoms with Crippen LogP contribution in [0.25, 0.3) is 0 Å². The number of halogens is 1. The maximum Gasteiger partial charge on any atom is 0.222 e. The number of aliphatic hydroxyl groups is 1. The third kappa shape index (κ3) is 4.29. The minimum Gasteiger partial charge on any atom is -0.396 e. The molecule has 1 atom stereocenters. The smallest absolute Gasteiger partial charge is 0.222 e. The second kappa shape index (κ2) is 7.85. The summed E-state index contributed by atoms with van der Waals surface area (Å²) >= 11 is 6.11. The van der Waals surface area contributed by atoms with E-state index in [0.29, 0.717) is 19.4 Å². The van der Waals surface area contributed by atoms with Gasteiger partial charge >= 0.3 is 0 Å². The van der Waals surface area contributed by atoms with Gasteiger partial charge in [-0.15, -0.1) is 0 Å². The van der Waals surface area contributed by atoms with E-state index in [2.05, 4.69) is 11.0 Å². The van der Waals surface area contributed by atoms with Gasteiger partial charge in [0.05, 0.1) is 0 Å². The topological polar surface area (TPSA) is 43.8 Å². The molecule has 0 bridgehead atoms. The fourth-order valence-corrected chi connectivity index (χ4v) is 4.45. The van der Waals surface area contributed by atoms with Crippen molar-refractivity contribution >= 4 is 17.5 Å². The lowest BCUT2D eigenvalue weighted by Gasteiger charge is -2.48. The van der Waals surface area contributed by atoms with Crippen LogP contribution in [0.4, 0.5) is 0 Å². The Morgan fingerprint density at radius 2 is 2.12 bits per heavy atom. The van der Waals surface area contributed by atoms with Gasteiger partial charge in [0.2, 0.25) is 5.91 Å². The quantitative estimate of drug-likeness (QED) is 0.888. The largest absolute Gasteiger partial charge is 0.396 e. The number of piperidine rings is 2. The number of amides is 1. The summed E-state index contributed by atoms with van der Waals surface area (Å²) in [7, 11) is 0. The van der Waals surface area contributed by atoms with Gasteiger partial charge in [-0.25, -0.2) is 0 Å². The summed E-state index contributed by atoms with van der Waals surface area (Å²) in [4.78, 5) is 16.6. The van der Waals surface area contributed by atoms with E-state index in [1.165, 1.54) is 18.4 Å². The number of carbonyl (C=O) groups excluding carboxylic acids is 1. The van der Waals surface area contributed by atoms with Gasteiger partial charge in [-0.1, -0.05) is 23.7 Å². The number of likely N-dealkylation sites (tertiary alicyclic amines) is 2. The summed E-state index contributed by atoms with van der Waals surface area (Å²) < 4.78 is 0. The Hall–Kier alpha value is -1.10. The van der Waals surface area contributed by atoms with Crippen LogP contribution in [-0.2, 0) is 11.3 Å². The monoisotopic (exact) mass is 350 g/mol. The van der Waals surface area contributed by atoms with Crippen LogP contribution in [0, 0.1) is 5.41 Å². The maximum atomic E-state index is 12.2. The SMILES string of the molecule is O=C1CC[C@@]2(CCCN(Cc3cccc(Cl)c3)C2)CN1CCCO. The molecule has 24 heavy (non-hydrogen) atoms. The third-order valence-electron chi connectivity index (χ3n) is 5.37. The molecular weight excluding hydrogens is 324 g/mol. The van der Waals surface area contributed by atoms with Crippen molar-refractivity contribution in [2.75, 3.05) is 32.8 Å². The van der Waals surface area contributed by atoms with Crippen molar-refractivity contribution in [3.8, 4) is 0 Å². The molecule has 5 heteroatoms. The highest BCUT2D eigenvalue weighted by Gasteiger charge is 2.41. The molecule has 0 unspecified atom stereocenters. The van der Waals surface area contributed by atoms with Gasteiger partial charge in [-0.2, -0.15) is 0 Å². The number of carbonyl (C=O) groups is 1. The predicted octanol–water partition coefficient (Wildman–Crippen LogP) is 2.93. The molecule has 2 aliphatic heterocycles. The average Bonchev–Trinajstić information content (AvgIpc) is 2.56. The minimum atomic E-state index is 0.150. The number of benzene rings is 1. The van der Waals surface area contributed by atoms with Gasteiger partial charge in [0, 0.05) is 49.6 Å². The van der Waals surface area contributed by atoms with Crippen LogP contribution in [0.5, 0.6) is 0 Å². The van der Waals surface area contributed by atoms with Crippen LogP contribution in [0.3, 0.4) is 0 Å². The Balaban J connectivity index is 1.64. The predicted molar refractivity (Wildman–Crippen MR) is 95.9 cm³/mol. The molecule has 4 nitrogen and oxygen atoms in total. The first-order valence-electron chi connectivity index (χ1n) is 8.96. The number of rotatable bonds is 5. The van der Waals surface area contributed by atoms with E-state index in [9.17, 15) is 4.79 Å². The summed E-state index contributed by atoms with van der Waals surface area (Å²) in [5, 5.41) is 9.85. The van der Waals surface area contributed by atoms with Crippen molar-refractivity contribution in [3.05, 3.63) is 34.9 Å². The number of aliphatic hydroxyl groups excluding tert-OH is 1. The molecule has 0 saturated carbocycles. The molecule has 0 aliphatic carbocycles. The van der Waals surface area contributed by atoms with Crippen LogP contribution in [0.2, 0.25) is 5.02 Å². The van der Waals surface area contributed by atoms with Crippen molar-refractivity contribution in [2.24, 2.45) is 5.41 Å². The van der Waals surface area contributed by atoms with Crippen LogP contribution in [0.1, 0.15) is 37.7 Å². The van der Waals surface area contributed by atoms with Gasteiger partial charge in [-0.05, 0) is 49.9 Å². The van der Waals surface area contributed by atoms with E-state index in [0.717, 1.165) is 37.6 Å². The molecule has 2 fully saturated rings. The molecule has 1 aromatic rings. The fraction of sp³-hybridized carbons (Fsp3) is 0.632. The molecule has 2 saturated heterocycles. The highest BCUT2D eigenvalue weighted by Crippen LogP contribution is 2.39. The second-order valence-electron chi connectivity index (χ2n) is 7.34. The van der Waals surface area contributed by atoms with Crippen LogP contribution in [0.15, 0.2) is 24.3 Å². The summed E-state index contributed by atoms with van der Waals surface area (Å²) in [6.45, 7) is 4.76. The molecule has 1 aromatic carbocycles. The number of nitrogens with zero attached hydrogens (tertiary/aromatic N) is 2. The van der Waals surface area contributed by atoms with Gasteiger partial charge in [-0.3, -0.25) is 9.69 Å². The molecule has 0 aromatic heterocycles. The highest BCUT2D eigenvalue weighted by atomic mass is 35.5. The van der Waals surface area contributed by atoms with Crippen molar-refractivity contribution in [1.82, 2.24) is 9.80 Å². The van der Waals surface area contributed by atoms with E-state index < -0.39 is 0 Å². The lowest BCUT2D eigenvalue weighted by molar-refractivity contribution is -0.139. The van der Waals surface area contributed by atoms with Crippen molar-refractivity contribution in [1.29, 1.82) is 0 Å². The molecule has 1 N–H and O–H groups in total. The zero-order chi connectivity index (χ0) is 17.0. The van der Waals surface area contributed by atoms with Gasteiger partial charge in [0.25, 0.3) is 0 Å². The molecule has 1 amide bonds. The molecule has 3 rings (SSSR count). The van der Waals surface area contributed by atoms with Crippen LogP contribution < -0.4 is 0 Å². The normalized spacial score (nSPS) is 25.4. The standard InChI is InChI=1S/C19H27ClN2O2/c20-17-5-1-4-16(12-17)13-21-9-2-7-19(14-21)8-6-18(24)22(15-19)10-3-11-23/h1,4-5,12,23H,2-3,6-11,13-15H2/t19-/m1/s1. The Kier molecular flexibility index (Phi) is 5.80. The summed E-state index contributed by atoms with van der Waals surface area (Å²) in [5.74, 6) is 0.251. The highest BCUT2D eigenvalue weighted by molar-refractivity contribution is 6.30. The fourth-order valence-electron chi connectivity index (χ4n) is 4.24. The van der Waals surface area contributed by atoms with E-state index in [1.54, 1.807) is 0 Å². The van der Waals surface area contributed by atoms with Crippen LogP contribution >= 0.6 is 11.6 Å². The van der Waals surface area contributed by atoms with Crippen LogP contribution in [-0.4, -0.2) is 53.6 Å². The van der Waals surface area contributed by atoms with Gasteiger partial charge in [0.15, 0.2) is 0 Å². The molecule has 0 radical (unpaired) electrons. The average molecular weight is 351 g/mol. The Bertz CT molecular complexity index is 580. The number of hydrogen-bond donors (Lipinski definition) is 1. The zero-order valence-corrected chi connectivity index (χ0v) is 15.0. The van der Waals surface area contributed by atoms with Gasteiger partial charge < -0.3 is 10.0 Å². The van der Waals surface area contributed by atoms with Crippen molar-refractivity contribution in [2.45, 2.75) is 38.6 Å². The van der Waals surface area contributed by atoms with Gasteiger partial charge in [0.1, 0.15) is 0 Å². The van der Waals surface area contributed by atoms with Crippen molar-refractivity contribution in [3.63, 3.8) is 0 Å². The molecule has 1 spiro atoms. The molecular formula is C19H27ClN2O2. The Labute approximate surface area is 149 Å². The van der Waals surface area contributed by atoms with E-state index in [4.69, 9.17) is 16.7 Å².